The molecule has 0 bridgehead atoms. The minimum Gasteiger partial charge on any atom is -0.420 e. The van der Waals surface area contributed by atoms with Crippen LogP contribution in [-0.4, -0.2) is 30.0 Å². The van der Waals surface area contributed by atoms with Crippen LogP contribution in [0, 0.1) is 29.4 Å². The van der Waals surface area contributed by atoms with Gasteiger partial charge in [0.2, 0.25) is 5.75 Å². The first-order valence-corrected chi connectivity index (χ1v) is 9.95. The van der Waals surface area contributed by atoms with Gasteiger partial charge in [0.1, 0.15) is 0 Å². The van der Waals surface area contributed by atoms with Crippen LogP contribution in [0.5, 0.6) is 5.75 Å². The molecule has 26 heavy (non-hydrogen) atoms. The summed E-state index contributed by atoms with van der Waals surface area (Å²) in [5, 5.41) is 0. The predicted molar refractivity (Wildman–Crippen MR) is 94.7 cm³/mol. The molecular formula is C21H27F2NO2. The maximum atomic E-state index is 14.0. The van der Waals surface area contributed by atoms with Gasteiger partial charge in [-0.2, -0.15) is 0 Å². The summed E-state index contributed by atoms with van der Waals surface area (Å²) in [6.07, 6.45) is 8.80. The van der Waals surface area contributed by atoms with Crippen LogP contribution >= 0.6 is 0 Å². The molecule has 1 aliphatic heterocycles. The van der Waals surface area contributed by atoms with E-state index in [0.29, 0.717) is 12.1 Å². The Balaban J connectivity index is 1.64. The lowest BCUT2D eigenvalue weighted by atomic mass is 9.62. The van der Waals surface area contributed by atoms with E-state index >= 15 is 0 Å². The van der Waals surface area contributed by atoms with Gasteiger partial charge in [-0.05, 0) is 56.7 Å². The topological polar surface area (TPSA) is 29.5 Å². The molecule has 4 rings (SSSR count). The second-order valence-electron chi connectivity index (χ2n) is 8.19. The van der Waals surface area contributed by atoms with Crippen LogP contribution < -0.4 is 4.74 Å². The number of carbonyl (C=O) groups is 1. The van der Waals surface area contributed by atoms with E-state index in [0.717, 1.165) is 50.7 Å². The molecule has 1 aromatic carbocycles. The summed E-state index contributed by atoms with van der Waals surface area (Å²) >= 11 is 0. The second-order valence-corrected chi connectivity index (χ2v) is 8.19. The lowest BCUT2D eigenvalue weighted by molar-refractivity contribution is -0.155. The lowest BCUT2D eigenvalue weighted by Gasteiger charge is -2.55. The fourth-order valence-corrected chi connectivity index (χ4v) is 5.79. The highest BCUT2D eigenvalue weighted by atomic mass is 19.1. The third kappa shape index (κ3) is 3.04. The monoisotopic (exact) mass is 363 g/mol. The van der Waals surface area contributed by atoms with Crippen molar-refractivity contribution in [2.45, 2.75) is 63.5 Å². The zero-order valence-corrected chi connectivity index (χ0v) is 15.3. The van der Waals surface area contributed by atoms with Crippen molar-refractivity contribution in [3.8, 4) is 5.75 Å². The number of carbonyl (C=O) groups excluding carboxylic acids is 1. The number of rotatable bonds is 2. The predicted octanol–water partition coefficient (Wildman–Crippen LogP) is 4.55. The normalized spacial score (nSPS) is 34.7. The molecule has 3 nitrogen and oxygen atoms in total. The Morgan fingerprint density at radius 1 is 0.962 bits per heavy atom. The molecule has 4 atom stereocenters. The number of likely N-dealkylation sites (tertiary alicyclic amines) is 1. The minimum absolute atomic E-state index is 0.232. The number of piperidine rings is 1. The molecular weight excluding hydrogens is 336 g/mol. The molecule has 3 aliphatic rings. The molecule has 0 radical (unpaired) electrons. The highest BCUT2D eigenvalue weighted by Crippen LogP contribution is 2.48. The molecule has 1 saturated heterocycles. The van der Waals surface area contributed by atoms with E-state index in [1.165, 1.54) is 18.9 Å². The van der Waals surface area contributed by atoms with Gasteiger partial charge in [0.15, 0.2) is 11.6 Å². The largest absolute Gasteiger partial charge is 0.420 e. The maximum absolute atomic E-state index is 14.0. The fourth-order valence-electron chi connectivity index (χ4n) is 5.79. The molecule has 1 aromatic rings. The standard InChI is InChI=1S/C21H27F2NO2/c1-24-17-11-4-2-7-13(17)19(14-8-3-5-12-18(14)24)21(25)26-20-15(22)9-6-10-16(20)23/h6,9-10,13-14,17-19H,2-5,7-8,11-12H2,1H3. The Morgan fingerprint density at radius 3 is 2.00 bits per heavy atom. The molecule has 0 aromatic heterocycles. The third-order valence-corrected chi connectivity index (χ3v) is 6.93. The summed E-state index contributed by atoms with van der Waals surface area (Å²) in [5.41, 5.74) is 0. The van der Waals surface area contributed by atoms with Crippen molar-refractivity contribution >= 4 is 5.97 Å². The van der Waals surface area contributed by atoms with Gasteiger partial charge in [-0.3, -0.25) is 9.69 Å². The van der Waals surface area contributed by atoms with E-state index in [2.05, 4.69) is 11.9 Å². The van der Waals surface area contributed by atoms with Crippen molar-refractivity contribution < 1.29 is 18.3 Å². The number of esters is 1. The van der Waals surface area contributed by atoms with Gasteiger partial charge in [0.25, 0.3) is 0 Å². The van der Waals surface area contributed by atoms with E-state index in [-0.39, 0.29) is 17.8 Å². The summed E-state index contributed by atoms with van der Waals surface area (Å²) in [5.74, 6) is -2.39. The number of nitrogens with zero attached hydrogens (tertiary/aromatic N) is 1. The van der Waals surface area contributed by atoms with Gasteiger partial charge >= 0.3 is 5.97 Å². The van der Waals surface area contributed by atoms with Gasteiger partial charge in [-0.15, -0.1) is 0 Å². The Kier molecular flexibility index (Phi) is 5.00. The summed E-state index contributed by atoms with van der Waals surface area (Å²) in [6.45, 7) is 0. The Bertz CT molecular complexity index is 636. The minimum atomic E-state index is -0.813. The Hall–Kier alpha value is -1.49. The summed E-state index contributed by atoms with van der Waals surface area (Å²) in [7, 11) is 2.20. The van der Waals surface area contributed by atoms with Crippen molar-refractivity contribution in [3.63, 3.8) is 0 Å². The summed E-state index contributed by atoms with van der Waals surface area (Å²) in [6, 6.07) is 4.31. The molecule has 0 N–H and O–H groups in total. The van der Waals surface area contributed by atoms with Crippen LogP contribution in [0.4, 0.5) is 8.78 Å². The second kappa shape index (κ2) is 7.26. The molecule has 2 saturated carbocycles. The van der Waals surface area contributed by atoms with Crippen LogP contribution in [0.15, 0.2) is 18.2 Å². The van der Waals surface area contributed by atoms with E-state index < -0.39 is 23.4 Å². The first kappa shape index (κ1) is 17.9. The quantitative estimate of drug-likeness (QED) is 0.570. The number of ether oxygens (including phenoxy) is 1. The average molecular weight is 363 g/mol. The molecule has 0 spiro atoms. The van der Waals surface area contributed by atoms with Crippen LogP contribution in [0.1, 0.15) is 51.4 Å². The molecule has 2 aliphatic carbocycles. The van der Waals surface area contributed by atoms with Crippen molar-refractivity contribution in [2.75, 3.05) is 7.05 Å². The number of halogens is 2. The van der Waals surface area contributed by atoms with Crippen LogP contribution in [0.2, 0.25) is 0 Å². The highest BCUT2D eigenvalue weighted by molar-refractivity contribution is 5.76. The molecule has 0 amide bonds. The Labute approximate surface area is 153 Å². The van der Waals surface area contributed by atoms with Crippen LogP contribution in [0.3, 0.4) is 0 Å². The summed E-state index contributed by atoms with van der Waals surface area (Å²) < 4.78 is 33.3. The number of hydrogen-bond acceptors (Lipinski definition) is 3. The number of benzene rings is 1. The third-order valence-electron chi connectivity index (χ3n) is 6.93. The molecule has 1 heterocycles. The van der Waals surface area contributed by atoms with Crippen molar-refractivity contribution in [1.82, 2.24) is 4.90 Å². The zero-order chi connectivity index (χ0) is 18.3. The van der Waals surface area contributed by atoms with Gasteiger partial charge in [-0.25, -0.2) is 8.78 Å². The van der Waals surface area contributed by atoms with Gasteiger partial charge in [0.05, 0.1) is 5.92 Å². The first-order valence-electron chi connectivity index (χ1n) is 9.95. The molecule has 4 unspecified atom stereocenters. The van der Waals surface area contributed by atoms with E-state index in [9.17, 15) is 13.6 Å². The molecule has 142 valence electrons. The highest BCUT2D eigenvalue weighted by Gasteiger charge is 2.52. The molecule has 5 heteroatoms. The van der Waals surface area contributed by atoms with Crippen molar-refractivity contribution in [3.05, 3.63) is 29.8 Å². The van der Waals surface area contributed by atoms with Gasteiger partial charge in [-0.1, -0.05) is 31.7 Å². The average Bonchev–Trinajstić information content (AvgIpc) is 2.65. The van der Waals surface area contributed by atoms with E-state index in [1.807, 2.05) is 0 Å². The fraction of sp³-hybridized carbons (Fsp3) is 0.667. The summed E-state index contributed by atoms with van der Waals surface area (Å²) in [4.78, 5) is 15.6. The lowest BCUT2D eigenvalue weighted by Crippen LogP contribution is -2.61. The van der Waals surface area contributed by atoms with Crippen LogP contribution in [0.25, 0.3) is 0 Å². The first-order chi connectivity index (χ1) is 12.6. The van der Waals surface area contributed by atoms with E-state index in [1.54, 1.807) is 0 Å². The number of fused-ring (bicyclic) bond motifs is 2. The van der Waals surface area contributed by atoms with E-state index in [4.69, 9.17) is 4.74 Å². The number of hydrogen-bond donors (Lipinski definition) is 0. The maximum Gasteiger partial charge on any atom is 0.315 e. The Morgan fingerprint density at radius 2 is 1.46 bits per heavy atom. The smallest absolute Gasteiger partial charge is 0.315 e. The van der Waals surface area contributed by atoms with Gasteiger partial charge in [0, 0.05) is 12.1 Å². The van der Waals surface area contributed by atoms with Crippen LogP contribution in [-0.2, 0) is 4.79 Å². The number of para-hydroxylation sites is 1. The van der Waals surface area contributed by atoms with Gasteiger partial charge < -0.3 is 4.74 Å². The van der Waals surface area contributed by atoms with Crippen molar-refractivity contribution in [2.24, 2.45) is 17.8 Å². The van der Waals surface area contributed by atoms with Crippen molar-refractivity contribution in [1.29, 1.82) is 0 Å². The molecule has 3 fully saturated rings. The SMILES string of the molecule is CN1C2CCCCC2C(C(=O)Oc2c(F)cccc2F)C2CCCCC21. The zero-order valence-electron chi connectivity index (χ0n) is 15.3.